The van der Waals surface area contributed by atoms with Gasteiger partial charge in [-0.2, -0.15) is 0 Å². The number of aliphatic carboxylic acids is 1. The first kappa shape index (κ1) is 46.3. The number of aldehydes is 1. The Hall–Kier alpha value is -3.70. The number of carboxylic acids is 1. The van der Waals surface area contributed by atoms with Crippen molar-refractivity contribution >= 4 is 24.6 Å². The van der Waals surface area contributed by atoms with Crippen LogP contribution in [0.3, 0.4) is 0 Å². The molecule has 1 aromatic rings. The minimum atomic E-state index is -0.675. The van der Waals surface area contributed by atoms with Crippen LogP contribution < -0.4 is 26.6 Å². The Kier molecular flexibility index (Phi) is 32.5. The number of aromatic nitrogens is 2. The zero-order chi connectivity index (χ0) is 36.9. The Bertz CT molecular complexity index is 1110. The summed E-state index contributed by atoms with van der Waals surface area (Å²) in [5.41, 5.74) is 4.29. The number of likely N-dealkylation sites (N-methyl/N-ethyl adjacent to an activating group) is 1. The number of amides is 1. The standard InChI is InChI=1S/C19H33N3O2.C9H14O2.C5H12N2O.C5H6N2/c1-20-14-16-13-15-9-8-12-21-19(15)22-17(16)10-6-4-2-3-5-7-11-18(23)24;10-8-6-4-2-1-3-5-7-9-11;1-6-3-2-4-7-5-8;1-5-6-3-2-4-7-5/h13,19-22H,2-12,14H2,1H3,(H,23,24);6,9H,1-5,7H2;5-6H,2-4H2,1H3,(H,7,8);2-4H,1H3. The summed E-state index contributed by atoms with van der Waals surface area (Å²) < 4.78 is 0. The van der Waals surface area contributed by atoms with Gasteiger partial charge >= 0.3 is 5.97 Å². The number of carboxylic acid groups (broad SMARTS) is 1. The fraction of sp³-hybridized carbons (Fsp3) is 0.658. The summed E-state index contributed by atoms with van der Waals surface area (Å²) in [5.74, 6) is 1.89. The number of nitrogens with one attached hydrogen (secondary N) is 5. The molecule has 0 spiro atoms. The number of nitrogens with zero attached hydrogens (tertiary/aromatic N) is 2. The number of allylic oxidation sites excluding steroid dienone is 2. The zero-order valence-corrected chi connectivity index (χ0v) is 30.9. The lowest BCUT2D eigenvalue weighted by Gasteiger charge is -2.34. The van der Waals surface area contributed by atoms with Gasteiger partial charge in [0.1, 0.15) is 18.1 Å². The van der Waals surface area contributed by atoms with Crippen molar-refractivity contribution in [2.45, 2.75) is 122 Å². The third-order valence-corrected chi connectivity index (χ3v) is 7.89. The zero-order valence-electron chi connectivity index (χ0n) is 30.9. The van der Waals surface area contributed by atoms with E-state index in [4.69, 9.17) is 5.11 Å². The third-order valence-electron chi connectivity index (χ3n) is 7.89. The van der Waals surface area contributed by atoms with Gasteiger partial charge in [-0.25, -0.2) is 14.8 Å². The molecule has 1 unspecified atom stereocenters. The minimum absolute atomic E-state index is 0.313. The summed E-state index contributed by atoms with van der Waals surface area (Å²) >= 11 is 0. The van der Waals surface area contributed by atoms with Gasteiger partial charge in [0.05, 0.1) is 6.17 Å². The van der Waals surface area contributed by atoms with Crippen molar-refractivity contribution in [1.82, 2.24) is 36.6 Å². The SMILES string of the molecule is CNCC1=C(CCCCCCCCC(=O)O)NC2NCCCC2=C1.CNCCCNC=O.Cc1ncccn1.O=C=CCCCCCCC=O. The number of carbonyl (C=O) groups is 3. The maximum absolute atomic E-state index is 10.5. The van der Waals surface area contributed by atoms with E-state index in [2.05, 4.69) is 42.6 Å². The number of piperidine rings is 1. The Labute approximate surface area is 300 Å². The van der Waals surface area contributed by atoms with Gasteiger partial charge in [-0.1, -0.05) is 44.6 Å². The molecular weight excluding hydrogens is 634 g/mol. The van der Waals surface area contributed by atoms with E-state index in [9.17, 15) is 19.2 Å². The van der Waals surface area contributed by atoms with E-state index in [-0.39, 0.29) is 0 Å². The van der Waals surface area contributed by atoms with E-state index in [1.165, 1.54) is 55.0 Å². The Morgan fingerprint density at radius 3 is 2.22 bits per heavy atom. The number of carbonyl (C=O) groups excluding carboxylic acids is 3. The molecule has 1 atom stereocenters. The maximum Gasteiger partial charge on any atom is 0.303 e. The van der Waals surface area contributed by atoms with Crippen LogP contribution in [0, 0.1) is 6.92 Å². The van der Waals surface area contributed by atoms with Crippen LogP contribution in [-0.2, 0) is 19.2 Å². The van der Waals surface area contributed by atoms with Crippen molar-refractivity contribution in [3.8, 4) is 0 Å². The van der Waals surface area contributed by atoms with E-state index in [1.54, 1.807) is 24.4 Å². The number of dihydropyridines is 1. The Morgan fingerprint density at radius 1 is 0.940 bits per heavy atom. The third kappa shape index (κ3) is 28.2. The summed E-state index contributed by atoms with van der Waals surface area (Å²) in [4.78, 5) is 47.4. The molecule has 0 saturated carbocycles. The van der Waals surface area contributed by atoms with Crippen molar-refractivity contribution in [2.24, 2.45) is 0 Å². The van der Waals surface area contributed by atoms with E-state index in [1.807, 2.05) is 21.0 Å². The van der Waals surface area contributed by atoms with Gasteiger partial charge in [0, 0.05) is 44.0 Å². The normalized spacial score (nSPS) is 14.3. The fourth-order valence-electron chi connectivity index (χ4n) is 5.24. The highest BCUT2D eigenvalue weighted by Gasteiger charge is 2.23. The predicted molar refractivity (Wildman–Crippen MR) is 201 cm³/mol. The van der Waals surface area contributed by atoms with E-state index in [0.29, 0.717) is 19.0 Å². The lowest BCUT2D eigenvalue weighted by Crippen LogP contribution is -2.48. The van der Waals surface area contributed by atoms with E-state index < -0.39 is 5.97 Å². The van der Waals surface area contributed by atoms with Crippen LogP contribution >= 0.6 is 0 Å². The number of hydrogen-bond donors (Lipinski definition) is 6. The van der Waals surface area contributed by atoms with E-state index >= 15 is 0 Å². The predicted octanol–water partition coefficient (Wildman–Crippen LogP) is 4.95. The van der Waals surface area contributed by atoms with Crippen LogP contribution in [0.4, 0.5) is 0 Å². The molecule has 1 amide bonds. The molecule has 0 aromatic carbocycles. The molecule has 12 heteroatoms. The van der Waals surface area contributed by atoms with Crippen LogP contribution in [0.5, 0.6) is 0 Å². The summed E-state index contributed by atoms with van der Waals surface area (Å²) in [6.45, 7) is 5.61. The number of unbranched alkanes of at least 4 members (excludes halogenated alkanes) is 10. The molecular formula is C38H65N7O5. The van der Waals surface area contributed by atoms with Gasteiger partial charge in [-0.3, -0.25) is 14.9 Å². The van der Waals surface area contributed by atoms with Gasteiger partial charge < -0.3 is 31.2 Å². The summed E-state index contributed by atoms with van der Waals surface area (Å²) in [7, 11) is 3.90. The molecule has 0 aliphatic carbocycles. The van der Waals surface area contributed by atoms with Gasteiger partial charge in [-0.15, -0.1) is 0 Å². The molecule has 2 aliphatic heterocycles. The number of fused-ring (bicyclic) bond motifs is 1. The average molecular weight is 700 g/mol. The molecule has 1 fully saturated rings. The monoisotopic (exact) mass is 700 g/mol. The summed E-state index contributed by atoms with van der Waals surface area (Å²) in [6.07, 6.45) is 26.5. The first-order valence-electron chi connectivity index (χ1n) is 18.4. The Balaban J connectivity index is 0.000000758. The van der Waals surface area contributed by atoms with Crippen LogP contribution in [0.25, 0.3) is 0 Å². The number of rotatable bonds is 23. The smallest absolute Gasteiger partial charge is 0.303 e. The lowest BCUT2D eigenvalue weighted by atomic mass is 9.94. The molecule has 1 saturated heterocycles. The minimum Gasteiger partial charge on any atom is -0.481 e. The molecule has 1 aromatic heterocycles. The van der Waals surface area contributed by atoms with Gasteiger partial charge in [-0.05, 0) is 115 Å². The van der Waals surface area contributed by atoms with Crippen molar-refractivity contribution in [2.75, 3.05) is 40.3 Å². The number of hydrogen-bond acceptors (Lipinski definition) is 10. The second-order valence-electron chi connectivity index (χ2n) is 12.2. The lowest BCUT2D eigenvalue weighted by molar-refractivity contribution is -0.137. The van der Waals surface area contributed by atoms with Crippen LogP contribution in [0.2, 0.25) is 0 Å². The summed E-state index contributed by atoms with van der Waals surface area (Å²) in [6, 6.07) is 1.80. The molecule has 3 rings (SSSR count). The molecule has 282 valence electrons. The fourth-order valence-corrected chi connectivity index (χ4v) is 5.24. The molecule has 50 heavy (non-hydrogen) atoms. The van der Waals surface area contributed by atoms with Gasteiger partial charge in [0.2, 0.25) is 6.41 Å². The summed E-state index contributed by atoms with van der Waals surface area (Å²) in [5, 5.41) is 24.7. The van der Waals surface area contributed by atoms with Crippen LogP contribution in [0.15, 0.2) is 47.5 Å². The second kappa shape index (κ2) is 35.1. The highest BCUT2D eigenvalue weighted by atomic mass is 16.4. The molecule has 0 bridgehead atoms. The number of aryl methyl sites for hydroxylation is 1. The quantitative estimate of drug-likeness (QED) is 0.0519. The molecule has 6 N–H and O–H groups in total. The molecule has 2 aliphatic rings. The molecule has 3 heterocycles. The largest absolute Gasteiger partial charge is 0.481 e. The first-order chi connectivity index (χ1) is 24.4. The second-order valence-corrected chi connectivity index (χ2v) is 12.2. The molecule has 12 nitrogen and oxygen atoms in total. The van der Waals surface area contributed by atoms with E-state index in [0.717, 1.165) is 109 Å². The van der Waals surface area contributed by atoms with Gasteiger partial charge in [0.25, 0.3) is 0 Å². The topological polar surface area (TPSA) is 174 Å². The van der Waals surface area contributed by atoms with Crippen molar-refractivity contribution in [3.63, 3.8) is 0 Å². The Morgan fingerprint density at radius 2 is 1.62 bits per heavy atom. The van der Waals surface area contributed by atoms with Crippen molar-refractivity contribution in [1.29, 1.82) is 0 Å². The average Bonchev–Trinajstić information content (AvgIpc) is 3.12. The van der Waals surface area contributed by atoms with Crippen molar-refractivity contribution in [3.05, 3.63) is 53.3 Å². The van der Waals surface area contributed by atoms with Crippen molar-refractivity contribution < 1.29 is 24.3 Å². The highest BCUT2D eigenvalue weighted by molar-refractivity contribution is 5.66. The van der Waals surface area contributed by atoms with Crippen LogP contribution in [0.1, 0.15) is 115 Å². The highest BCUT2D eigenvalue weighted by Crippen LogP contribution is 2.25. The van der Waals surface area contributed by atoms with Gasteiger partial charge in [0.15, 0.2) is 0 Å². The molecule has 0 radical (unpaired) electrons. The maximum atomic E-state index is 10.5. The first-order valence-corrected chi connectivity index (χ1v) is 18.4. The van der Waals surface area contributed by atoms with Crippen LogP contribution in [-0.4, -0.2) is 86.1 Å².